The second kappa shape index (κ2) is 8.51. The normalized spacial score (nSPS) is 10.4. The van der Waals surface area contributed by atoms with Crippen LogP contribution in [0.15, 0.2) is 18.2 Å². The molecule has 4 heteroatoms. The van der Waals surface area contributed by atoms with E-state index in [1.165, 1.54) is 43.9 Å². The van der Waals surface area contributed by atoms with Crippen molar-refractivity contribution in [3.05, 3.63) is 24.0 Å². The second-order valence-electron chi connectivity index (χ2n) is 4.80. The van der Waals surface area contributed by atoms with Gasteiger partial charge in [-0.15, -0.1) is 0 Å². The van der Waals surface area contributed by atoms with E-state index in [0.717, 1.165) is 12.8 Å². The lowest BCUT2D eigenvalue weighted by Crippen LogP contribution is -2.12. The first-order chi connectivity index (χ1) is 9.13. The van der Waals surface area contributed by atoms with Gasteiger partial charge < -0.3 is 11.1 Å². The molecule has 1 aromatic carbocycles. The zero-order chi connectivity index (χ0) is 14.1. The highest BCUT2D eigenvalue weighted by Gasteiger charge is 2.05. The summed E-state index contributed by atoms with van der Waals surface area (Å²) in [5, 5.41) is 2.71. The molecular formula is C15H23FN2O. The maximum Gasteiger partial charge on any atom is 0.224 e. The molecule has 0 aliphatic rings. The van der Waals surface area contributed by atoms with Crippen LogP contribution in [-0.4, -0.2) is 5.91 Å². The maximum atomic E-state index is 12.8. The number of nitrogens with two attached hydrogens (primary N) is 1. The zero-order valence-corrected chi connectivity index (χ0v) is 11.5. The number of nitrogen functional groups attached to an aromatic ring is 1. The third kappa shape index (κ3) is 6.22. The standard InChI is InChI=1S/C15H23FN2O/c1-2-3-4-5-6-7-8-15(19)18-14-10-9-12(16)11-13(14)17/h9-11H,2-8,17H2,1H3,(H,18,19). The Morgan fingerprint density at radius 1 is 1.21 bits per heavy atom. The molecule has 0 unspecified atom stereocenters. The first kappa shape index (κ1) is 15.5. The third-order valence-electron chi connectivity index (χ3n) is 3.05. The van der Waals surface area contributed by atoms with Gasteiger partial charge in [0.05, 0.1) is 11.4 Å². The SMILES string of the molecule is CCCCCCCCC(=O)Nc1ccc(F)cc1N. The highest BCUT2D eigenvalue weighted by atomic mass is 19.1. The molecule has 0 aliphatic heterocycles. The number of hydrogen-bond donors (Lipinski definition) is 2. The van der Waals surface area contributed by atoms with Gasteiger partial charge in [-0.05, 0) is 24.6 Å². The van der Waals surface area contributed by atoms with E-state index in [1.807, 2.05) is 0 Å². The van der Waals surface area contributed by atoms with Crippen molar-refractivity contribution < 1.29 is 9.18 Å². The largest absolute Gasteiger partial charge is 0.397 e. The van der Waals surface area contributed by atoms with Crippen LogP contribution in [0, 0.1) is 5.82 Å². The number of anilines is 2. The smallest absolute Gasteiger partial charge is 0.224 e. The van der Waals surface area contributed by atoms with Gasteiger partial charge in [-0.25, -0.2) is 4.39 Å². The van der Waals surface area contributed by atoms with Gasteiger partial charge in [-0.1, -0.05) is 39.0 Å². The molecule has 19 heavy (non-hydrogen) atoms. The van der Waals surface area contributed by atoms with E-state index in [9.17, 15) is 9.18 Å². The first-order valence-electron chi connectivity index (χ1n) is 6.98. The summed E-state index contributed by atoms with van der Waals surface area (Å²) in [5.74, 6) is -0.458. The Hall–Kier alpha value is -1.58. The summed E-state index contributed by atoms with van der Waals surface area (Å²) >= 11 is 0. The topological polar surface area (TPSA) is 55.1 Å². The average molecular weight is 266 g/mol. The van der Waals surface area contributed by atoms with Crippen molar-refractivity contribution in [1.29, 1.82) is 0 Å². The molecule has 0 saturated carbocycles. The lowest BCUT2D eigenvalue weighted by atomic mass is 10.1. The van der Waals surface area contributed by atoms with Crippen molar-refractivity contribution in [2.75, 3.05) is 11.1 Å². The van der Waals surface area contributed by atoms with Gasteiger partial charge in [0.15, 0.2) is 0 Å². The number of benzene rings is 1. The minimum atomic E-state index is -0.397. The molecule has 1 rings (SSSR count). The van der Waals surface area contributed by atoms with Crippen LogP contribution in [0.1, 0.15) is 51.9 Å². The van der Waals surface area contributed by atoms with Crippen molar-refractivity contribution in [3.63, 3.8) is 0 Å². The van der Waals surface area contributed by atoms with Crippen LogP contribution in [0.2, 0.25) is 0 Å². The minimum Gasteiger partial charge on any atom is -0.397 e. The fraction of sp³-hybridized carbons (Fsp3) is 0.533. The number of rotatable bonds is 8. The highest BCUT2D eigenvalue weighted by Crippen LogP contribution is 2.19. The lowest BCUT2D eigenvalue weighted by Gasteiger charge is -2.08. The van der Waals surface area contributed by atoms with Crippen molar-refractivity contribution in [1.82, 2.24) is 0 Å². The molecule has 0 spiro atoms. The summed E-state index contributed by atoms with van der Waals surface area (Å²) in [6.45, 7) is 2.18. The molecule has 1 aromatic rings. The Morgan fingerprint density at radius 3 is 2.58 bits per heavy atom. The molecule has 0 radical (unpaired) electrons. The predicted molar refractivity (Wildman–Crippen MR) is 77.4 cm³/mol. The quantitative estimate of drug-likeness (QED) is 0.550. The monoisotopic (exact) mass is 266 g/mol. The Balaban J connectivity index is 2.23. The number of halogens is 1. The second-order valence-corrected chi connectivity index (χ2v) is 4.80. The predicted octanol–water partition coefficient (Wildman–Crippen LogP) is 4.10. The van der Waals surface area contributed by atoms with E-state index in [0.29, 0.717) is 12.1 Å². The summed E-state index contributed by atoms with van der Waals surface area (Å²) in [5.41, 5.74) is 6.37. The van der Waals surface area contributed by atoms with E-state index in [4.69, 9.17) is 5.73 Å². The van der Waals surface area contributed by atoms with Crippen molar-refractivity contribution in [3.8, 4) is 0 Å². The Bertz CT molecular complexity index is 407. The number of carbonyl (C=O) groups excluding carboxylic acids is 1. The number of amides is 1. The molecule has 1 amide bonds. The van der Waals surface area contributed by atoms with Gasteiger partial charge in [-0.2, -0.15) is 0 Å². The van der Waals surface area contributed by atoms with Crippen LogP contribution in [-0.2, 0) is 4.79 Å². The van der Waals surface area contributed by atoms with Gasteiger partial charge in [0.2, 0.25) is 5.91 Å². The van der Waals surface area contributed by atoms with Crippen molar-refractivity contribution in [2.24, 2.45) is 0 Å². The molecule has 0 bridgehead atoms. The van der Waals surface area contributed by atoms with Gasteiger partial charge in [0, 0.05) is 6.42 Å². The summed E-state index contributed by atoms with van der Waals surface area (Å²) < 4.78 is 12.8. The zero-order valence-electron chi connectivity index (χ0n) is 11.5. The van der Waals surface area contributed by atoms with E-state index in [2.05, 4.69) is 12.2 Å². The lowest BCUT2D eigenvalue weighted by molar-refractivity contribution is -0.116. The average Bonchev–Trinajstić information content (AvgIpc) is 2.37. The summed E-state index contributed by atoms with van der Waals surface area (Å²) in [6.07, 6.45) is 7.36. The number of hydrogen-bond acceptors (Lipinski definition) is 2. The number of nitrogens with one attached hydrogen (secondary N) is 1. The molecular weight excluding hydrogens is 243 g/mol. The number of unbranched alkanes of at least 4 members (excludes halogenated alkanes) is 5. The maximum absolute atomic E-state index is 12.8. The van der Waals surface area contributed by atoms with Gasteiger partial charge in [0.25, 0.3) is 0 Å². The van der Waals surface area contributed by atoms with E-state index >= 15 is 0 Å². The van der Waals surface area contributed by atoms with E-state index in [-0.39, 0.29) is 11.6 Å². The Morgan fingerprint density at radius 2 is 1.89 bits per heavy atom. The fourth-order valence-electron chi connectivity index (χ4n) is 1.93. The van der Waals surface area contributed by atoms with Gasteiger partial charge in [0.1, 0.15) is 5.82 Å². The fourth-order valence-corrected chi connectivity index (χ4v) is 1.93. The van der Waals surface area contributed by atoms with Gasteiger partial charge >= 0.3 is 0 Å². The van der Waals surface area contributed by atoms with Crippen LogP contribution >= 0.6 is 0 Å². The van der Waals surface area contributed by atoms with Gasteiger partial charge in [-0.3, -0.25) is 4.79 Å². The summed E-state index contributed by atoms with van der Waals surface area (Å²) in [6, 6.07) is 3.99. The molecule has 0 heterocycles. The highest BCUT2D eigenvalue weighted by molar-refractivity contribution is 5.93. The van der Waals surface area contributed by atoms with Crippen LogP contribution in [0.3, 0.4) is 0 Å². The van der Waals surface area contributed by atoms with Crippen molar-refractivity contribution in [2.45, 2.75) is 51.9 Å². The Labute approximate surface area is 114 Å². The van der Waals surface area contributed by atoms with Crippen LogP contribution in [0.4, 0.5) is 15.8 Å². The van der Waals surface area contributed by atoms with Crippen LogP contribution < -0.4 is 11.1 Å². The molecule has 0 aliphatic carbocycles. The van der Waals surface area contributed by atoms with Crippen LogP contribution in [0.5, 0.6) is 0 Å². The molecule has 106 valence electrons. The van der Waals surface area contributed by atoms with Crippen molar-refractivity contribution >= 4 is 17.3 Å². The first-order valence-corrected chi connectivity index (χ1v) is 6.98. The Kier molecular flexibility index (Phi) is 6.93. The van der Waals surface area contributed by atoms with Crippen LogP contribution in [0.25, 0.3) is 0 Å². The summed E-state index contributed by atoms with van der Waals surface area (Å²) in [4.78, 5) is 11.7. The summed E-state index contributed by atoms with van der Waals surface area (Å²) in [7, 11) is 0. The number of carbonyl (C=O) groups is 1. The molecule has 3 nitrogen and oxygen atoms in total. The molecule has 0 atom stereocenters. The van der Waals surface area contributed by atoms with E-state index in [1.54, 1.807) is 0 Å². The molecule has 0 aromatic heterocycles. The third-order valence-corrected chi connectivity index (χ3v) is 3.05. The minimum absolute atomic E-state index is 0.0613. The molecule has 3 N–H and O–H groups in total. The molecule has 0 saturated heterocycles. The molecule has 0 fully saturated rings. The van der Waals surface area contributed by atoms with E-state index < -0.39 is 5.82 Å².